The molecular weight excluding hydrogens is 380 g/mol. The third-order valence-corrected chi connectivity index (χ3v) is 4.17. The fourth-order valence-corrected chi connectivity index (χ4v) is 2.80. The van der Waals surface area contributed by atoms with Crippen molar-refractivity contribution in [3.05, 3.63) is 76.0 Å². The van der Waals surface area contributed by atoms with E-state index in [1.54, 1.807) is 7.05 Å². The van der Waals surface area contributed by atoms with E-state index in [2.05, 4.69) is 89.1 Å². The first kappa shape index (κ1) is 23.5. The minimum atomic E-state index is -4.00. The molecule has 0 aliphatic carbocycles. The van der Waals surface area contributed by atoms with Crippen LogP contribution in [0.15, 0.2) is 48.2 Å². The third kappa shape index (κ3) is 8.88. The first-order valence-corrected chi connectivity index (χ1v) is 9.12. The van der Waals surface area contributed by atoms with Crippen molar-refractivity contribution in [3.8, 4) is 6.07 Å². The predicted octanol–water partition coefficient (Wildman–Crippen LogP) is 6.33. The quantitative estimate of drug-likeness (QED) is 0.367. The maximum atomic E-state index is 10.4. The van der Waals surface area contributed by atoms with E-state index in [1.165, 1.54) is 16.7 Å². The Bertz CT molecular complexity index is 901. The molecule has 2 rings (SSSR count). The number of nitrogens with one attached hydrogen (secondary N) is 1. The monoisotopic (exact) mass is 404 g/mol. The molecule has 0 fully saturated rings. The van der Waals surface area contributed by atoms with Crippen LogP contribution in [0.5, 0.6) is 0 Å². The lowest BCUT2D eigenvalue weighted by Gasteiger charge is -2.08. The van der Waals surface area contributed by atoms with Gasteiger partial charge in [-0.1, -0.05) is 54.1 Å². The number of hydrogen-bond donors (Lipinski definition) is 1. The second kappa shape index (κ2) is 10.7. The van der Waals surface area contributed by atoms with Gasteiger partial charge in [0.1, 0.15) is 11.8 Å². The van der Waals surface area contributed by atoms with E-state index < -0.39 is 6.18 Å². The van der Waals surface area contributed by atoms with E-state index in [1.807, 2.05) is 0 Å². The molecule has 0 aliphatic rings. The van der Waals surface area contributed by atoms with Gasteiger partial charge in [-0.05, 0) is 42.2 Å². The lowest BCUT2D eigenvalue weighted by molar-refractivity contribution is -0.110. The third-order valence-electron chi connectivity index (χ3n) is 3.55. The van der Waals surface area contributed by atoms with Crippen LogP contribution in [0.1, 0.15) is 34.7 Å². The Morgan fingerprint density at radius 1 is 1.04 bits per heavy atom. The zero-order valence-corrected chi connectivity index (χ0v) is 17.5. The number of alkyl halides is 3. The highest BCUT2D eigenvalue weighted by Crippen LogP contribution is 2.27. The summed E-state index contributed by atoms with van der Waals surface area (Å²) in [6.45, 7) is 4.35. The van der Waals surface area contributed by atoms with Crippen molar-refractivity contribution in [1.29, 1.82) is 5.26 Å². The maximum Gasteiger partial charge on any atom is 0.386 e. The van der Waals surface area contributed by atoms with Crippen LogP contribution in [-0.4, -0.2) is 13.2 Å². The van der Waals surface area contributed by atoms with E-state index in [4.69, 9.17) is 0 Å². The topological polar surface area (TPSA) is 35.8 Å². The van der Waals surface area contributed by atoms with Crippen molar-refractivity contribution in [3.63, 3.8) is 0 Å². The second-order valence-corrected chi connectivity index (χ2v) is 6.89. The average Bonchev–Trinajstić information content (AvgIpc) is 2.59. The predicted molar refractivity (Wildman–Crippen MR) is 114 cm³/mol. The molecule has 28 heavy (non-hydrogen) atoms. The summed E-state index contributed by atoms with van der Waals surface area (Å²) in [4.78, 5) is 0. The van der Waals surface area contributed by atoms with Gasteiger partial charge in [0.2, 0.25) is 0 Å². The molecule has 0 aromatic heterocycles. The highest BCUT2D eigenvalue weighted by Gasteiger charge is 2.15. The van der Waals surface area contributed by atoms with Gasteiger partial charge in [0, 0.05) is 19.3 Å². The van der Waals surface area contributed by atoms with Crippen molar-refractivity contribution in [2.45, 2.75) is 26.9 Å². The summed E-state index contributed by atoms with van der Waals surface area (Å²) in [5.41, 5.74) is 6.32. The zero-order valence-electron chi connectivity index (χ0n) is 16.4. The lowest BCUT2D eigenvalue weighted by Crippen LogP contribution is -2.04. The molecule has 0 aliphatic heterocycles. The highest BCUT2D eigenvalue weighted by molar-refractivity contribution is 7.31. The molecule has 1 N–H and O–H groups in total. The number of nitrogens with zero attached hydrogens (tertiary/aromatic N) is 1. The summed E-state index contributed by atoms with van der Waals surface area (Å²) in [6.07, 6.45) is 0.218. The average molecular weight is 404 g/mol. The maximum absolute atomic E-state index is 10.4. The first-order valence-electron chi connectivity index (χ1n) is 8.54. The normalized spacial score (nSPS) is 12.0. The second-order valence-electron chi connectivity index (χ2n) is 6.31. The van der Waals surface area contributed by atoms with Crippen molar-refractivity contribution in [2.24, 2.45) is 0 Å². The van der Waals surface area contributed by atoms with Crippen molar-refractivity contribution < 1.29 is 13.2 Å². The molecule has 2 aromatic carbocycles. The number of aryl methyl sites for hydroxylation is 2. The molecule has 2 aromatic rings. The molecule has 0 heterocycles. The van der Waals surface area contributed by atoms with Gasteiger partial charge < -0.3 is 5.32 Å². The van der Waals surface area contributed by atoms with Crippen LogP contribution in [0.4, 0.5) is 13.2 Å². The molecule has 1 atom stereocenters. The van der Waals surface area contributed by atoms with E-state index >= 15 is 0 Å². The molecule has 0 saturated carbocycles. The van der Waals surface area contributed by atoms with Crippen LogP contribution in [-0.2, 0) is 0 Å². The van der Waals surface area contributed by atoms with Gasteiger partial charge >= 0.3 is 6.18 Å². The van der Waals surface area contributed by atoms with Crippen LogP contribution < -0.4 is 5.32 Å². The van der Waals surface area contributed by atoms with E-state index in [9.17, 15) is 18.4 Å². The van der Waals surface area contributed by atoms with E-state index in [-0.39, 0.29) is 6.92 Å². The number of halogens is 3. The molecule has 0 radical (unpaired) electrons. The summed E-state index contributed by atoms with van der Waals surface area (Å²) in [5, 5.41) is 13.0. The number of nitriles is 1. The smallest absolute Gasteiger partial charge is 0.379 e. The van der Waals surface area contributed by atoms with Gasteiger partial charge in [-0.15, -0.1) is 9.24 Å². The molecule has 148 valence electrons. The Morgan fingerprint density at radius 2 is 1.61 bits per heavy atom. The van der Waals surface area contributed by atoms with Crippen molar-refractivity contribution in [1.82, 2.24) is 5.32 Å². The lowest BCUT2D eigenvalue weighted by atomic mass is 10.0. The fourth-order valence-electron chi connectivity index (χ4n) is 2.43. The van der Waals surface area contributed by atoms with Crippen LogP contribution >= 0.6 is 9.24 Å². The summed E-state index contributed by atoms with van der Waals surface area (Å²) in [7, 11) is 4.42. The zero-order chi connectivity index (χ0) is 21.3. The van der Waals surface area contributed by atoms with Gasteiger partial charge in [-0.2, -0.15) is 18.4 Å². The molecule has 6 heteroatoms. The number of benzene rings is 2. The molecule has 0 saturated heterocycles. The Hall–Kier alpha value is -2.57. The number of rotatable bonds is 4. The molecule has 0 spiro atoms. The number of hydrogen-bond acceptors (Lipinski definition) is 2. The van der Waals surface area contributed by atoms with E-state index in [0.29, 0.717) is 5.70 Å². The minimum absolute atomic E-state index is 0.188. The molecule has 2 nitrogen and oxygen atoms in total. The highest BCUT2D eigenvalue weighted by atomic mass is 31.0. The first-order chi connectivity index (χ1) is 13.0. The SMILES string of the molecule is CC(F)(F)F.CN/C(C#N)=C(\P)c1cc(C)cc(/C=C/c2cccc(C)c2)c1. The van der Waals surface area contributed by atoms with Crippen molar-refractivity contribution in [2.75, 3.05) is 7.05 Å². The summed E-state index contributed by atoms with van der Waals surface area (Å²) < 4.78 is 31.1. The van der Waals surface area contributed by atoms with Gasteiger partial charge in [0.15, 0.2) is 0 Å². The Kier molecular flexibility index (Phi) is 8.96. The molecular formula is C22H24F3N2P. The summed E-state index contributed by atoms with van der Waals surface area (Å²) >= 11 is 0. The van der Waals surface area contributed by atoms with E-state index in [0.717, 1.165) is 16.4 Å². The van der Waals surface area contributed by atoms with Gasteiger partial charge in [0.25, 0.3) is 0 Å². The van der Waals surface area contributed by atoms with Gasteiger partial charge in [-0.3, -0.25) is 0 Å². The fraction of sp³-hybridized carbons (Fsp3) is 0.227. The number of allylic oxidation sites excluding steroid dienone is 1. The Labute approximate surface area is 167 Å². The van der Waals surface area contributed by atoms with Gasteiger partial charge in [0.05, 0.1) is 0 Å². The van der Waals surface area contributed by atoms with Crippen LogP contribution in [0.3, 0.4) is 0 Å². The Balaban J connectivity index is 0.000000696. The van der Waals surface area contributed by atoms with Crippen LogP contribution in [0, 0.1) is 25.2 Å². The summed E-state index contributed by atoms with van der Waals surface area (Å²) in [6, 6.07) is 16.9. The molecule has 0 amide bonds. The van der Waals surface area contributed by atoms with Crippen LogP contribution in [0.25, 0.3) is 17.5 Å². The summed E-state index contributed by atoms with van der Waals surface area (Å²) in [5.74, 6) is 0. The largest absolute Gasteiger partial charge is 0.386 e. The van der Waals surface area contributed by atoms with Crippen LogP contribution in [0.2, 0.25) is 0 Å². The Morgan fingerprint density at radius 3 is 2.14 bits per heavy atom. The minimum Gasteiger partial charge on any atom is -0.379 e. The van der Waals surface area contributed by atoms with Crippen molar-refractivity contribution >= 4 is 26.7 Å². The standard InChI is InChI=1S/C20H21N2P.C2H3F3/c1-14-5-4-6-16(9-14)7-8-17-10-15(2)11-18(12-17)20(23)19(13-21)22-3;1-2(3,4)5/h4-12,22H,23H2,1-3H3;1H3/b8-7+,20-19-;. The van der Waals surface area contributed by atoms with Gasteiger partial charge in [-0.25, -0.2) is 0 Å². The molecule has 1 unspecified atom stereocenters. The molecule has 0 bridgehead atoms.